The Bertz CT molecular complexity index is 941. The number of rotatable bonds is 9. The monoisotopic (exact) mass is 436 g/mol. The summed E-state index contributed by atoms with van der Waals surface area (Å²) in [5.74, 6) is 0.279. The van der Waals surface area contributed by atoms with Crippen molar-refractivity contribution in [3.8, 4) is 0 Å². The van der Waals surface area contributed by atoms with E-state index >= 15 is 0 Å². The maximum absolute atomic E-state index is 13.2. The third kappa shape index (κ3) is 6.33. The molecule has 1 aliphatic heterocycles. The summed E-state index contributed by atoms with van der Waals surface area (Å²) in [6, 6.07) is 14.5. The molecule has 0 aromatic heterocycles. The highest BCUT2D eigenvalue weighted by Crippen LogP contribution is 2.26. The Morgan fingerprint density at radius 1 is 1.09 bits per heavy atom. The van der Waals surface area contributed by atoms with Gasteiger partial charge in [0.25, 0.3) is 0 Å². The number of benzene rings is 2. The molecule has 3 rings (SSSR count). The molecule has 0 spiro atoms. The first kappa shape index (κ1) is 23.8. The Labute approximate surface area is 192 Å². The second-order valence-electron chi connectivity index (χ2n) is 8.82. The van der Waals surface area contributed by atoms with Gasteiger partial charge >= 0.3 is 0 Å². The van der Waals surface area contributed by atoms with Crippen LogP contribution in [0.5, 0.6) is 0 Å². The highest BCUT2D eigenvalue weighted by Gasteiger charge is 2.22. The average Bonchev–Trinajstić information content (AvgIpc) is 2.79. The number of nitrogens with zero attached hydrogens (tertiary/aromatic N) is 3. The normalized spacial score (nSPS) is 13.1. The minimum atomic E-state index is 0.0876. The molecular formula is C26H36N4O2. The molecule has 0 fully saturated rings. The van der Waals surface area contributed by atoms with Gasteiger partial charge < -0.3 is 20.0 Å². The number of hydrogen-bond donors (Lipinski definition) is 1. The van der Waals surface area contributed by atoms with Crippen LogP contribution >= 0.6 is 0 Å². The lowest BCUT2D eigenvalue weighted by molar-refractivity contribution is -0.132. The molecule has 32 heavy (non-hydrogen) atoms. The van der Waals surface area contributed by atoms with E-state index in [1.165, 1.54) is 16.7 Å². The van der Waals surface area contributed by atoms with E-state index in [2.05, 4.69) is 41.4 Å². The Balaban J connectivity index is 1.67. The van der Waals surface area contributed by atoms with Crippen molar-refractivity contribution in [2.75, 3.05) is 45.6 Å². The molecule has 172 valence electrons. The lowest BCUT2D eigenvalue weighted by atomic mass is 9.97. The largest absolute Gasteiger partial charge is 0.376 e. The molecule has 2 amide bonds. The Morgan fingerprint density at radius 3 is 2.59 bits per heavy atom. The van der Waals surface area contributed by atoms with Gasteiger partial charge in [-0.05, 0) is 50.2 Å². The topological polar surface area (TPSA) is 55.9 Å². The fourth-order valence-corrected chi connectivity index (χ4v) is 4.14. The van der Waals surface area contributed by atoms with Crippen molar-refractivity contribution in [2.45, 2.75) is 39.8 Å². The van der Waals surface area contributed by atoms with Gasteiger partial charge in [-0.1, -0.05) is 48.9 Å². The molecule has 1 aliphatic rings. The predicted molar refractivity (Wildman–Crippen MR) is 129 cm³/mol. The quantitative estimate of drug-likeness (QED) is 0.655. The third-order valence-corrected chi connectivity index (χ3v) is 5.98. The molecule has 2 aromatic rings. The standard InChI is InChI=1S/C26H36N4O2/c1-5-25(31)29-13-12-23-22(19-29)10-7-11-24(23)27-17-26(32)30(15-14-28(3)4)18-21-9-6-8-20(2)16-21/h6-11,16,27H,5,12-15,17-19H2,1-4H3. The minimum Gasteiger partial charge on any atom is -0.376 e. The maximum Gasteiger partial charge on any atom is 0.242 e. The predicted octanol–water partition coefficient (Wildman–Crippen LogP) is 3.29. The summed E-state index contributed by atoms with van der Waals surface area (Å²) in [6.45, 7) is 7.72. The van der Waals surface area contributed by atoms with Crippen molar-refractivity contribution in [3.05, 3.63) is 64.7 Å². The first-order valence-corrected chi connectivity index (χ1v) is 11.5. The number of likely N-dealkylation sites (N-methyl/N-ethyl adjacent to an activating group) is 1. The Kier molecular flexibility index (Phi) is 8.28. The summed E-state index contributed by atoms with van der Waals surface area (Å²) < 4.78 is 0. The molecule has 2 aromatic carbocycles. The molecule has 0 saturated heterocycles. The Morgan fingerprint density at radius 2 is 1.88 bits per heavy atom. The first-order chi connectivity index (χ1) is 15.4. The van der Waals surface area contributed by atoms with Crippen molar-refractivity contribution in [3.63, 3.8) is 0 Å². The van der Waals surface area contributed by atoms with Gasteiger partial charge in [0.2, 0.25) is 11.8 Å². The maximum atomic E-state index is 13.2. The summed E-state index contributed by atoms with van der Waals surface area (Å²) >= 11 is 0. The number of aryl methyl sites for hydroxylation is 1. The number of amides is 2. The van der Waals surface area contributed by atoms with Crippen LogP contribution in [0.1, 0.15) is 35.6 Å². The van der Waals surface area contributed by atoms with Gasteiger partial charge in [-0.25, -0.2) is 0 Å². The van der Waals surface area contributed by atoms with Gasteiger partial charge in [0, 0.05) is 44.8 Å². The summed E-state index contributed by atoms with van der Waals surface area (Å²) in [6.07, 6.45) is 1.34. The lowest BCUT2D eigenvalue weighted by Crippen LogP contribution is -2.39. The zero-order valence-corrected chi connectivity index (χ0v) is 19.9. The van der Waals surface area contributed by atoms with Crippen molar-refractivity contribution in [1.82, 2.24) is 14.7 Å². The van der Waals surface area contributed by atoms with Crippen LogP contribution in [-0.2, 0) is 29.1 Å². The van der Waals surface area contributed by atoms with Gasteiger partial charge in [0.1, 0.15) is 0 Å². The molecule has 1 N–H and O–H groups in total. The molecule has 0 bridgehead atoms. The van der Waals surface area contributed by atoms with Gasteiger partial charge in [-0.15, -0.1) is 0 Å². The summed E-state index contributed by atoms with van der Waals surface area (Å²) in [5.41, 5.74) is 5.74. The zero-order valence-electron chi connectivity index (χ0n) is 19.9. The van der Waals surface area contributed by atoms with E-state index < -0.39 is 0 Å². The van der Waals surface area contributed by atoms with Gasteiger partial charge in [-0.3, -0.25) is 9.59 Å². The number of hydrogen-bond acceptors (Lipinski definition) is 4. The first-order valence-electron chi connectivity index (χ1n) is 11.5. The fourth-order valence-electron chi connectivity index (χ4n) is 4.14. The van der Waals surface area contributed by atoms with Gasteiger partial charge in [0.15, 0.2) is 0 Å². The van der Waals surface area contributed by atoms with Crippen LogP contribution in [0.25, 0.3) is 0 Å². The van der Waals surface area contributed by atoms with Crippen molar-refractivity contribution >= 4 is 17.5 Å². The second kappa shape index (κ2) is 11.1. The van der Waals surface area contributed by atoms with Crippen molar-refractivity contribution < 1.29 is 9.59 Å². The van der Waals surface area contributed by atoms with E-state index in [9.17, 15) is 9.59 Å². The van der Waals surface area contributed by atoms with E-state index in [0.717, 1.165) is 30.8 Å². The number of nitrogens with one attached hydrogen (secondary N) is 1. The van der Waals surface area contributed by atoms with Crippen LogP contribution in [-0.4, -0.2) is 66.8 Å². The highest BCUT2D eigenvalue weighted by atomic mass is 16.2. The zero-order chi connectivity index (χ0) is 23.1. The smallest absolute Gasteiger partial charge is 0.242 e. The average molecular weight is 437 g/mol. The molecule has 6 nitrogen and oxygen atoms in total. The highest BCUT2D eigenvalue weighted by molar-refractivity contribution is 5.81. The summed E-state index contributed by atoms with van der Waals surface area (Å²) in [4.78, 5) is 31.2. The molecule has 6 heteroatoms. The minimum absolute atomic E-state index is 0.0876. The van der Waals surface area contributed by atoms with Crippen LogP contribution < -0.4 is 5.32 Å². The van der Waals surface area contributed by atoms with Gasteiger partial charge in [0.05, 0.1) is 6.54 Å². The van der Waals surface area contributed by atoms with Crippen molar-refractivity contribution in [1.29, 1.82) is 0 Å². The molecule has 0 saturated carbocycles. The second-order valence-corrected chi connectivity index (χ2v) is 8.82. The third-order valence-electron chi connectivity index (χ3n) is 5.98. The number of anilines is 1. The molecule has 0 unspecified atom stereocenters. The van der Waals surface area contributed by atoms with Crippen LogP contribution in [0.4, 0.5) is 5.69 Å². The van der Waals surface area contributed by atoms with Crippen LogP contribution in [0.15, 0.2) is 42.5 Å². The molecule has 0 radical (unpaired) electrons. The van der Waals surface area contributed by atoms with Gasteiger partial charge in [-0.2, -0.15) is 0 Å². The van der Waals surface area contributed by atoms with Crippen LogP contribution in [0, 0.1) is 6.92 Å². The number of carbonyl (C=O) groups is 2. The number of carbonyl (C=O) groups excluding carboxylic acids is 2. The summed E-state index contributed by atoms with van der Waals surface area (Å²) in [5, 5.41) is 3.39. The Hall–Kier alpha value is -2.86. The number of fused-ring (bicyclic) bond motifs is 1. The van der Waals surface area contributed by atoms with Crippen LogP contribution in [0.2, 0.25) is 0 Å². The van der Waals surface area contributed by atoms with Crippen molar-refractivity contribution in [2.24, 2.45) is 0 Å². The molecule has 0 aliphatic carbocycles. The summed E-state index contributed by atoms with van der Waals surface area (Å²) in [7, 11) is 4.05. The molecule has 0 atom stereocenters. The molecular weight excluding hydrogens is 400 g/mol. The van der Waals surface area contributed by atoms with Crippen LogP contribution in [0.3, 0.4) is 0 Å². The fraction of sp³-hybridized carbons (Fsp3) is 0.462. The van der Waals surface area contributed by atoms with E-state index in [-0.39, 0.29) is 18.4 Å². The van der Waals surface area contributed by atoms with E-state index in [1.807, 2.05) is 49.0 Å². The van der Waals surface area contributed by atoms with E-state index in [4.69, 9.17) is 0 Å². The SMILES string of the molecule is CCC(=O)N1CCc2c(cccc2NCC(=O)N(CCN(C)C)Cc2cccc(C)c2)C1. The van der Waals surface area contributed by atoms with E-state index in [1.54, 1.807) is 0 Å². The lowest BCUT2D eigenvalue weighted by Gasteiger charge is -2.30. The molecule has 1 heterocycles. The van der Waals surface area contributed by atoms with E-state index in [0.29, 0.717) is 26.1 Å².